The fourth-order valence-corrected chi connectivity index (χ4v) is 1.65. The summed E-state index contributed by atoms with van der Waals surface area (Å²) in [5.41, 5.74) is 7.61. The number of ether oxygens (including phenoxy) is 1. The van der Waals surface area contributed by atoms with Crippen LogP contribution in [0.2, 0.25) is 0 Å². The van der Waals surface area contributed by atoms with Crippen molar-refractivity contribution in [3.63, 3.8) is 0 Å². The molecule has 3 N–H and O–H groups in total. The molecule has 0 saturated carbocycles. The fourth-order valence-electron chi connectivity index (χ4n) is 1.65. The molecule has 1 aliphatic heterocycles. The molecule has 16 heavy (non-hydrogen) atoms. The average Bonchev–Trinajstić information content (AvgIpc) is 2.57. The zero-order valence-electron chi connectivity index (χ0n) is 9.02. The van der Waals surface area contributed by atoms with Crippen molar-refractivity contribution in [1.82, 2.24) is 15.1 Å². The molecular weight excluding hydrogens is 232 g/mol. The van der Waals surface area contributed by atoms with Gasteiger partial charge in [0.15, 0.2) is 0 Å². The van der Waals surface area contributed by atoms with Gasteiger partial charge in [0, 0.05) is 25.1 Å². The van der Waals surface area contributed by atoms with E-state index in [4.69, 9.17) is 10.5 Å². The van der Waals surface area contributed by atoms with E-state index in [-0.39, 0.29) is 12.4 Å². The second-order valence-electron chi connectivity index (χ2n) is 3.35. The SMILES string of the molecule is CCOC(=O)n1nc2c(c1N)CNCC2.Cl. The molecule has 0 bridgehead atoms. The van der Waals surface area contributed by atoms with Crippen molar-refractivity contribution < 1.29 is 9.53 Å². The van der Waals surface area contributed by atoms with Gasteiger partial charge in [0.2, 0.25) is 0 Å². The Hall–Kier alpha value is -1.27. The molecule has 0 saturated heterocycles. The summed E-state index contributed by atoms with van der Waals surface area (Å²) in [7, 11) is 0. The maximum atomic E-state index is 11.5. The van der Waals surface area contributed by atoms with Crippen LogP contribution in [0.15, 0.2) is 0 Å². The maximum Gasteiger partial charge on any atom is 0.436 e. The normalized spacial score (nSPS) is 13.8. The Labute approximate surface area is 99.5 Å². The Kier molecular flexibility index (Phi) is 4.14. The summed E-state index contributed by atoms with van der Waals surface area (Å²) in [5.74, 6) is 0.385. The zero-order chi connectivity index (χ0) is 10.8. The molecule has 2 rings (SSSR count). The van der Waals surface area contributed by atoms with Crippen molar-refractivity contribution in [3.8, 4) is 0 Å². The quantitative estimate of drug-likeness (QED) is 0.756. The van der Waals surface area contributed by atoms with Crippen LogP contribution in [0.4, 0.5) is 10.6 Å². The maximum absolute atomic E-state index is 11.5. The largest absolute Gasteiger partial charge is 0.448 e. The number of carbonyl (C=O) groups is 1. The van der Waals surface area contributed by atoms with Crippen molar-refractivity contribution in [2.75, 3.05) is 18.9 Å². The molecule has 1 aliphatic rings. The smallest absolute Gasteiger partial charge is 0.436 e. The number of nitrogens with one attached hydrogen (secondary N) is 1. The predicted molar refractivity (Wildman–Crippen MR) is 61.7 cm³/mol. The van der Waals surface area contributed by atoms with Crippen LogP contribution in [0, 0.1) is 0 Å². The van der Waals surface area contributed by atoms with Crippen LogP contribution >= 0.6 is 12.4 Å². The van der Waals surface area contributed by atoms with E-state index >= 15 is 0 Å². The first-order valence-electron chi connectivity index (χ1n) is 4.98. The lowest BCUT2D eigenvalue weighted by molar-refractivity contribution is 0.151. The van der Waals surface area contributed by atoms with Gasteiger partial charge in [-0.1, -0.05) is 0 Å². The molecule has 6 nitrogen and oxygen atoms in total. The monoisotopic (exact) mass is 246 g/mol. The second-order valence-corrected chi connectivity index (χ2v) is 3.35. The minimum Gasteiger partial charge on any atom is -0.448 e. The molecule has 1 aromatic heterocycles. The number of aromatic nitrogens is 2. The van der Waals surface area contributed by atoms with Gasteiger partial charge in [0.05, 0.1) is 12.3 Å². The summed E-state index contributed by atoms with van der Waals surface area (Å²) in [6.07, 6.45) is 0.288. The van der Waals surface area contributed by atoms with E-state index < -0.39 is 6.09 Å². The molecule has 7 heteroatoms. The summed E-state index contributed by atoms with van der Waals surface area (Å²) < 4.78 is 5.99. The fraction of sp³-hybridized carbons (Fsp3) is 0.556. The Morgan fingerprint density at radius 3 is 3.06 bits per heavy atom. The van der Waals surface area contributed by atoms with E-state index in [2.05, 4.69) is 10.4 Å². The Morgan fingerprint density at radius 1 is 1.69 bits per heavy atom. The van der Waals surface area contributed by atoms with Gasteiger partial charge in [0.1, 0.15) is 5.82 Å². The van der Waals surface area contributed by atoms with E-state index in [0.717, 1.165) is 28.9 Å². The highest BCUT2D eigenvalue weighted by atomic mass is 35.5. The molecular formula is C9H15ClN4O2. The second kappa shape index (κ2) is 5.18. The van der Waals surface area contributed by atoms with Gasteiger partial charge < -0.3 is 15.8 Å². The summed E-state index contributed by atoms with van der Waals surface area (Å²) in [4.78, 5) is 11.5. The van der Waals surface area contributed by atoms with Crippen molar-refractivity contribution in [3.05, 3.63) is 11.3 Å². The van der Waals surface area contributed by atoms with Gasteiger partial charge in [0.25, 0.3) is 0 Å². The van der Waals surface area contributed by atoms with Gasteiger partial charge >= 0.3 is 6.09 Å². The van der Waals surface area contributed by atoms with E-state index in [1.165, 1.54) is 0 Å². The highest BCUT2D eigenvalue weighted by Crippen LogP contribution is 2.19. The van der Waals surface area contributed by atoms with Crippen LogP contribution < -0.4 is 11.1 Å². The number of hydrogen-bond acceptors (Lipinski definition) is 5. The van der Waals surface area contributed by atoms with E-state index in [9.17, 15) is 4.79 Å². The third-order valence-electron chi connectivity index (χ3n) is 2.39. The zero-order valence-corrected chi connectivity index (χ0v) is 9.84. The number of halogens is 1. The van der Waals surface area contributed by atoms with Gasteiger partial charge in [-0.2, -0.15) is 5.10 Å². The average molecular weight is 247 g/mol. The first-order chi connectivity index (χ1) is 7.24. The van der Waals surface area contributed by atoms with Gasteiger partial charge in [-0.05, 0) is 6.92 Å². The molecule has 0 radical (unpaired) electrons. The third kappa shape index (κ3) is 2.12. The van der Waals surface area contributed by atoms with Crippen LogP contribution in [-0.2, 0) is 17.7 Å². The van der Waals surface area contributed by atoms with E-state index in [0.29, 0.717) is 19.0 Å². The van der Waals surface area contributed by atoms with Crippen LogP contribution in [0.1, 0.15) is 18.2 Å². The number of nitrogens with zero attached hydrogens (tertiary/aromatic N) is 2. The molecule has 0 fully saturated rings. The van der Waals surface area contributed by atoms with Crippen LogP contribution in [-0.4, -0.2) is 29.0 Å². The highest BCUT2D eigenvalue weighted by Gasteiger charge is 2.21. The van der Waals surface area contributed by atoms with Crippen molar-refractivity contribution in [2.24, 2.45) is 0 Å². The molecule has 0 unspecified atom stereocenters. The lowest BCUT2D eigenvalue weighted by Crippen LogP contribution is -2.23. The molecule has 0 aliphatic carbocycles. The number of carbonyl (C=O) groups excluding carboxylic acids is 1. The summed E-state index contributed by atoms with van der Waals surface area (Å²) >= 11 is 0. The van der Waals surface area contributed by atoms with E-state index in [1.54, 1.807) is 6.92 Å². The Balaban J connectivity index is 0.00000128. The number of nitrogen functional groups attached to an aromatic ring is 1. The number of fused-ring (bicyclic) bond motifs is 1. The minimum atomic E-state index is -0.510. The number of anilines is 1. The molecule has 0 atom stereocenters. The van der Waals surface area contributed by atoms with Gasteiger partial charge in [-0.3, -0.25) is 0 Å². The Morgan fingerprint density at radius 2 is 2.44 bits per heavy atom. The van der Waals surface area contributed by atoms with Crippen molar-refractivity contribution in [2.45, 2.75) is 19.9 Å². The molecule has 90 valence electrons. The molecule has 0 amide bonds. The number of nitrogens with two attached hydrogens (primary N) is 1. The molecule has 0 aromatic carbocycles. The van der Waals surface area contributed by atoms with Gasteiger partial charge in [-0.15, -0.1) is 17.1 Å². The topological polar surface area (TPSA) is 82.2 Å². The number of hydrogen-bond donors (Lipinski definition) is 2. The van der Waals surface area contributed by atoms with Gasteiger partial charge in [-0.25, -0.2) is 4.79 Å². The van der Waals surface area contributed by atoms with E-state index in [1.807, 2.05) is 0 Å². The van der Waals surface area contributed by atoms with Crippen molar-refractivity contribution in [1.29, 1.82) is 0 Å². The van der Waals surface area contributed by atoms with Crippen LogP contribution in [0.25, 0.3) is 0 Å². The lowest BCUT2D eigenvalue weighted by atomic mass is 10.1. The minimum absolute atomic E-state index is 0. The molecule has 0 spiro atoms. The first-order valence-corrected chi connectivity index (χ1v) is 4.98. The predicted octanol–water partition coefficient (Wildman–Crippen LogP) is 0.537. The van der Waals surface area contributed by atoms with Crippen LogP contribution in [0.5, 0.6) is 0 Å². The highest BCUT2D eigenvalue weighted by molar-refractivity contribution is 5.85. The standard InChI is InChI=1S/C9H14N4O2.ClH/c1-2-15-9(14)13-8(10)6-5-11-4-3-7(6)12-13;/h11H,2-5,10H2,1H3;1H. The lowest BCUT2D eigenvalue weighted by Gasteiger charge is -2.10. The summed E-state index contributed by atoms with van der Waals surface area (Å²) in [5, 5.41) is 7.33. The molecule has 1 aromatic rings. The molecule has 2 heterocycles. The summed E-state index contributed by atoms with van der Waals surface area (Å²) in [6, 6.07) is 0. The number of rotatable bonds is 1. The third-order valence-corrected chi connectivity index (χ3v) is 2.39. The van der Waals surface area contributed by atoms with Crippen LogP contribution in [0.3, 0.4) is 0 Å². The van der Waals surface area contributed by atoms with Crippen molar-refractivity contribution >= 4 is 24.3 Å². The summed E-state index contributed by atoms with van der Waals surface area (Å²) in [6.45, 7) is 3.60. The first kappa shape index (κ1) is 12.8. The Bertz CT molecular complexity index is 391.